The third kappa shape index (κ3) is 4.37. The maximum atomic E-state index is 12.4. The predicted octanol–water partition coefficient (Wildman–Crippen LogP) is 2.65. The van der Waals surface area contributed by atoms with E-state index in [4.69, 9.17) is 29.5 Å². The lowest BCUT2D eigenvalue weighted by molar-refractivity contribution is 0.100. The molecule has 0 saturated carbocycles. The molecule has 9 heteroatoms. The summed E-state index contributed by atoms with van der Waals surface area (Å²) < 4.78 is 3.14. The molecule has 0 aliphatic heterocycles. The number of carbonyl (C=O) groups excluding carboxylic acids is 1. The van der Waals surface area contributed by atoms with E-state index in [0.29, 0.717) is 29.0 Å². The SMILES string of the molecule is C#CCCn1c(CC)cc2cccc(Cl)c2c1=O.NC(=O)c1c(N)nn2cccnc12. The van der Waals surface area contributed by atoms with Crippen LogP contribution in [0, 0.1) is 12.3 Å². The van der Waals surface area contributed by atoms with Crippen molar-refractivity contribution in [3.8, 4) is 12.3 Å². The number of nitrogens with two attached hydrogens (primary N) is 2. The lowest BCUT2D eigenvalue weighted by Crippen LogP contribution is -2.23. The number of nitrogen functional groups attached to an aromatic ring is 1. The summed E-state index contributed by atoms with van der Waals surface area (Å²) in [5.74, 6) is 2.05. The highest BCUT2D eigenvalue weighted by atomic mass is 35.5. The van der Waals surface area contributed by atoms with Gasteiger partial charge >= 0.3 is 0 Å². The molecule has 3 aromatic heterocycles. The number of primary amides is 1. The number of amides is 1. The van der Waals surface area contributed by atoms with E-state index in [2.05, 4.69) is 16.0 Å². The van der Waals surface area contributed by atoms with Gasteiger partial charge in [0.05, 0.1) is 10.4 Å². The largest absolute Gasteiger partial charge is 0.381 e. The molecule has 0 bridgehead atoms. The minimum absolute atomic E-state index is 0.0507. The van der Waals surface area contributed by atoms with Crippen LogP contribution in [0.1, 0.15) is 29.4 Å². The summed E-state index contributed by atoms with van der Waals surface area (Å²) in [5, 5.41) is 5.83. The van der Waals surface area contributed by atoms with Gasteiger partial charge in [-0.1, -0.05) is 30.7 Å². The average molecular weight is 437 g/mol. The number of terminal acetylenes is 1. The first kappa shape index (κ1) is 21.9. The Bertz CT molecular complexity index is 1370. The average Bonchev–Trinajstić information content (AvgIpc) is 3.09. The van der Waals surface area contributed by atoms with Crippen LogP contribution in [0.15, 0.2) is 47.5 Å². The molecule has 0 fully saturated rings. The molecule has 1 amide bonds. The molecule has 158 valence electrons. The number of nitrogens with zero attached hydrogens (tertiary/aromatic N) is 4. The summed E-state index contributed by atoms with van der Waals surface area (Å²) in [4.78, 5) is 27.3. The lowest BCUT2D eigenvalue weighted by Gasteiger charge is -2.12. The topological polar surface area (TPSA) is 121 Å². The van der Waals surface area contributed by atoms with Crippen molar-refractivity contribution in [1.82, 2.24) is 19.2 Å². The van der Waals surface area contributed by atoms with Gasteiger partial charge in [0, 0.05) is 31.1 Å². The second kappa shape index (κ2) is 9.32. The van der Waals surface area contributed by atoms with E-state index in [0.717, 1.165) is 17.5 Å². The molecule has 3 heterocycles. The Balaban J connectivity index is 0.000000185. The van der Waals surface area contributed by atoms with E-state index in [1.807, 2.05) is 25.1 Å². The van der Waals surface area contributed by atoms with E-state index < -0.39 is 5.91 Å². The number of pyridine rings is 1. The monoisotopic (exact) mass is 436 g/mol. The molecule has 31 heavy (non-hydrogen) atoms. The van der Waals surface area contributed by atoms with Gasteiger partial charge in [-0.15, -0.1) is 17.4 Å². The maximum absolute atomic E-state index is 12.4. The first-order chi connectivity index (χ1) is 14.9. The van der Waals surface area contributed by atoms with Crippen LogP contribution in [-0.2, 0) is 13.0 Å². The number of aromatic nitrogens is 4. The Hall–Kier alpha value is -3.83. The van der Waals surface area contributed by atoms with Gasteiger partial charge in [-0.25, -0.2) is 9.50 Å². The van der Waals surface area contributed by atoms with E-state index in [1.165, 1.54) is 4.52 Å². The zero-order chi connectivity index (χ0) is 22.5. The van der Waals surface area contributed by atoms with Crippen LogP contribution >= 0.6 is 11.6 Å². The molecule has 4 N–H and O–H groups in total. The molecule has 8 nitrogen and oxygen atoms in total. The second-order valence-electron chi connectivity index (χ2n) is 6.62. The van der Waals surface area contributed by atoms with Crippen molar-refractivity contribution in [2.75, 3.05) is 5.73 Å². The van der Waals surface area contributed by atoms with Crippen LogP contribution in [0.3, 0.4) is 0 Å². The molecular weight excluding hydrogens is 416 g/mol. The Kier molecular flexibility index (Phi) is 6.58. The fraction of sp³-hybridized carbons (Fsp3) is 0.182. The summed E-state index contributed by atoms with van der Waals surface area (Å²) in [6.45, 7) is 2.57. The Morgan fingerprint density at radius 2 is 2.10 bits per heavy atom. The smallest absolute Gasteiger partial charge is 0.260 e. The highest BCUT2D eigenvalue weighted by Gasteiger charge is 2.15. The molecule has 0 unspecified atom stereocenters. The first-order valence-electron chi connectivity index (χ1n) is 9.52. The molecule has 0 atom stereocenters. The number of halogens is 1. The van der Waals surface area contributed by atoms with Gasteiger partial charge in [0.2, 0.25) is 0 Å². The van der Waals surface area contributed by atoms with Gasteiger partial charge in [-0.05, 0) is 30.0 Å². The van der Waals surface area contributed by atoms with Gasteiger partial charge in [0.25, 0.3) is 11.5 Å². The van der Waals surface area contributed by atoms with Gasteiger partial charge in [-0.3, -0.25) is 9.59 Å². The second-order valence-corrected chi connectivity index (χ2v) is 7.02. The Labute approximate surface area is 183 Å². The number of fused-ring (bicyclic) bond motifs is 2. The summed E-state index contributed by atoms with van der Waals surface area (Å²) in [6, 6.07) is 9.20. The molecule has 0 aliphatic carbocycles. The van der Waals surface area contributed by atoms with Gasteiger partial charge in [-0.2, -0.15) is 0 Å². The number of carbonyl (C=O) groups is 1. The number of hydrogen-bond acceptors (Lipinski definition) is 5. The summed E-state index contributed by atoms with van der Waals surface area (Å²) in [5.41, 5.74) is 12.1. The Morgan fingerprint density at radius 1 is 1.32 bits per heavy atom. The number of anilines is 1. The molecular formula is C22H21ClN6O2. The minimum Gasteiger partial charge on any atom is -0.381 e. The van der Waals surface area contributed by atoms with Crippen molar-refractivity contribution in [2.24, 2.45) is 5.73 Å². The molecule has 4 rings (SSSR count). The van der Waals surface area contributed by atoms with Gasteiger partial charge in [0.15, 0.2) is 11.5 Å². The van der Waals surface area contributed by atoms with Gasteiger partial charge in [0.1, 0.15) is 5.56 Å². The van der Waals surface area contributed by atoms with Crippen molar-refractivity contribution in [2.45, 2.75) is 26.3 Å². The van der Waals surface area contributed by atoms with Crippen LogP contribution in [-0.4, -0.2) is 25.1 Å². The predicted molar refractivity (Wildman–Crippen MR) is 122 cm³/mol. The van der Waals surface area contributed by atoms with Crippen LogP contribution in [0.25, 0.3) is 16.4 Å². The third-order valence-corrected chi connectivity index (χ3v) is 5.00. The maximum Gasteiger partial charge on any atom is 0.260 e. The highest BCUT2D eigenvalue weighted by Crippen LogP contribution is 2.21. The van der Waals surface area contributed by atoms with Crippen LogP contribution < -0.4 is 17.0 Å². The highest BCUT2D eigenvalue weighted by molar-refractivity contribution is 6.35. The van der Waals surface area contributed by atoms with Gasteiger partial charge < -0.3 is 16.0 Å². The van der Waals surface area contributed by atoms with E-state index in [1.54, 1.807) is 29.1 Å². The number of rotatable bonds is 4. The quantitative estimate of drug-likeness (QED) is 0.476. The Morgan fingerprint density at radius 3 is 2.77 bits per heavy atom. The molecule has 0 radical (unpaired) electrons. The normalized spacial score (nSPS) is 10.5. The number of hydrogen-bond donors (Lipinski definition) is 2. The van der Waals surface area contributed by atoms with Crippen molar-refractivity contribution in [3.63, 3.8) is 0 Å². The number of benzene rings is 1. The summed E-state index contributed by atoms with van der Waals surface area (Å²) in [6.07, 6.45) is 9.80. The summed E-state index contributed by atoms with van der Waals surface area (Å²) >= 11 is 6.11. The molecule has 1 aromatic carbocycles. The van der Waals surface area contributed by atoms with E-state index in [9.17, 15) is 9.59 Å². The van der Waals surface area contributed by atoms with Crippen LogP contribution in [0.5, 0.6) is 0 Å². The van der Waals surface area contributed by atoms with E-state index >= 15 is 0 Å². The van der Waals surface area contributed by atoms with E-state index in [-0.39, 0.29) is 16.9 Å². The number of aryl methyl sites for hydroxylation is 1. The van der Waals surface area contributed by atoms with Crippen molar-refractivity contribution >= 4 is 39.7 Å². The molecule has 0 spiro atoms. The zero-order valence-electron chi connectivity index (χ0n) is 16.9. The molecule has 4 aromatic rings. The molecule has 0 aliphatic rings. The fourth-order valence-electron chi connectivity index (χ4n) is 3.26. The lowest BCUT2D eigenvalue weighted by atomic mass is 10.1. The zero-order valence-corrected chi connectivity index (χ0v) is 17.6. The first-order valence-corrected chi connectivity index (χ1v) is 9.89. The van der Waals surface area contributed by atoms with Crippen molar-refractivity contribution in [3.05, 3.63) is 69.4 Å². The summed E-state index contributed by atoms with van der Waals surface area (Å²) in [7, 11) is 0. The van der Waals surface area contributed by atoms with Crippen molar-refractivity contribution < 1.29 is 4.79 Å². The standard InChI is InChI=1S/C15H14ClNO.C7H7N5O/c1-3-5-9-17-12(4-2)10-11-7-6-8-13(16)14(11)15(17)18;8-5-4(6(9)13)7-10-2-1-3-12(7)11-5/h1,6-8,10H,4-5,9H2,2H3;1-3H,(H2,8,11)(H2,9,13). The van der Waals surface area contributed by atoms with Crippen molar-refractivity contribution in [1.29, 1.82) is 0 Å². The third-order valence-electron chi connectivity index (χ3n) is 4.68. The fourth-order valence-corrected chi connectivity index (χ4v) is 3.53. The minimum atomic E-state index is -0.619. The van der Waals surface area contributed by atoms with Crippen LogP contribution in [0.4, 0.5) is 5.82 Å². The molecule has 0 saturated heterocycles. The van der Waals surface area contributed by atoms with Crippen LogP contribution in [0.2, 0.25) is 5.02 Å².